The van der Waals surface area contributed by atoms with Crippen LogP contribution in [0.15, 0.2) is 46.0 Å². The lowest BCUT2D eigenvalue weighted by Gasteiger charge is -2.18. The van der Waals surface area contributed by atoms with E-state index in [9.17, 15) is 9.59 Å². The summed E-state index contributed by atoms with van der Waals surface area (Å²) in [5.74, 6) is 1.11. The fourth-order valence-corrected chi connectivity index (χ4v) is 3.48. The topological polar surface area (TPSA) is 102 Å². The molecule has 4 rings (SSSR count). The molecule has 2 aromatic carbocycles. The fraction of sp³-hybridized carbons (Fsp3) is 0.273. The first kappa shape index (κ1) is 19.8. The molecule has 0 saturated heterocycles. The van der Waals surface area contributed by atoms with Crippen LogP contribution in [-0.2, 0) is 13.1 Å². The lowest BCUT2D eigenvalue weighted by Crippen LogP contribution is -2.30. The van der Waals surface area contributed by atoms with Crippen LogP contribution in [-0.4, -0.2) is 33.2 Å². The highest BCUT2D eigenvalue weighted by atomic mass is 16.5. The van der Waals surface area contributed by atoms with Crippen molar-refractivity contribution in [3.8, 4) is 17.3 Å². The maximum Gasteiger partial charge on any atom is 0.349 e. The largest absolute Gasteiger partial charge is 0.497 e. The van der Waals surface area contributed by atoms with E-state index in [1.54, 1.807) is 7.11 Å². The Morgan fingerprint density at radius 2 is 1.90 bits per heavy atom. The number of H-pyrrole nitrogens is 1. The first-order valence-corrected chi connectivity index (χ1v) is 9.72. The molecule has 0 fully saturated rings. The zero-order chi connectivity index (χ0) is 21.3. The maximum atomic E-state index is 12.3. The van der Waals surface area contributed by atoms with E-state index in [-0.39, 0.29) is 5.69 Å². The van der Waals surface area contributed by atoms with E-state index in [4.69, 9.17) is 4.74 Å². The van der Waals surface area contributed by atoms with Gasteiger partial charge in [0.25, 0.3) is 5.56 Å². The van der Waals surface area contributed by atoms with Gasteiger partial charge in [0.1, 0.15) is 5.75 Å². The van der Waals surface area contributed by atoms with Gasteiger partial charge in [-0.3, -0.25) is 9.78 Å². The van der Waals surface area contributed by atoms with Gasteiger partial charge in [-0.25, -0.2) is 9.78 Å². The van der Waals surface area contributed by atoms with Gasteiger partial charge in [-0.2, -0.15) is 4.98 Å². The van der Waals surface area contributed by atoms with Crippen LogP contribution >= 0.6 is 0 Å². The molecule has 0 amide bonds. The minimum atomic E-state index is -0.671. The van der Waals surface area contributed by atoms with Crippen molar-refractivity contribution < 1.29 is 4.74 Å². The van der Waals surface area contributed by atoms with Crippen molar-refractivity contribution in [3.05, 3.63) is 73.9 Å². The Labute approximate surface area is 172 Å². The molecular weight excluding hydrogens is 382 g/mol. The second kappa shape index (κ2) is 8.08. The molecular formula is C22H23N5O3. The van der Waals surface area contributed by atoms with Crippen molar-refractivity contribution in [2.45, 2.75) is 26.9 Å². The average Bonchev–Trinajstić information content (AvgIpc) is 2.72. The normalized spacial score (nSPS) is 11.3. The molecule has 0 spiro atoms. The number of hydrogen-bond donors (Lipinski definition) is 2. The smallest absolute Gasteiger partial charge is 0.349 e. The van der Waals surface area contributed by atoms with Crippen molar-refractivity contribution in [2.75, 3.05) is 13.7 Å². The first-order valence-electron chi connectivity index (χ1n) is 9.72. The molecule has 8 heteroatoms. The summed E-state index contributed by atoms with van der Waals surface area (Å²) in [4.78, 5) is 34.9. The number of aromatic amines is 1. The third kappa shape index (κ3) is 3.81. The van der Waals surface area contributed by atoms with E-state index in [2.05, 4.69) is 20.3 Å². The molecule has 0 saturated carbocycles. The molecule has 2 aromatic rings. The predicted molar refractivity (Wildman–Crippen MR) is 115 cm³/mol. The van der Waals surface area contributed by atoms with Gasteiger partial charge in [0.15, 0.2) is 11.5 Å². The number of benzene rings is 2. The quantitative estimate of drug-likeness (QED) is 0.376. The first-order chi connectivity index (χ1) is 14.5. The van der Waals surface area contributed by atoms with Crippen LogP contribution in [0, 0.1) is 13.8 Å². The molecule has 154 valence electrons. The van der Waals surface area contributed by atoms with Gasteiger partial charge < -0.3 is 14.6 Å². The van der Waals surface area contributed by atoms with Crippen molar-refractivity contribution in [1.29, 1.82) is 0 Å². The number of aryl methyl sites for hydroxylation is 2. The van der Waals surface area contributed by atoms with Crippen LogP contribution in [0.3, 0.4) is 0 Å². The average molecular weight is 405 g/mol. The Morgan fingerprint density at radius 1 is 1.10 bits per heavy atom. The Bertz CT molecular complexity index is 1310. The molecule has 0 atom stereocenters. The summed E-state index contributed by atoms with van der Waals surface area (Å²) < 4.78 is 7.15. The highest BCUT2D eigenvalue weighted by Gasteiger charge is 2.19. The molecule has 0 radical (unpaired) electrons. The number of methoxy groups -OCH3 is 1. The van der Waals surface area contributed by atoms with E-state index >= 15 is 0 Å². The summed E-state index contributed by atoms with van der Waals surface area (Å²) in [6, 6.07) is 11.8. The lowest BCUT2D eigenvalue weighted by atomic mass is 10.1. The van der Waals surface area contributed by atoms with E-state index in [1.807, 2.05) is 54.8 Å². The summed E-state index contributed by atoms with van der Waals surface area (Å²) in [6.45, 7) is 5.83. The zero-order valence-corrected chi connectivity index (χ0v) is 17.2. The molecule has 0 aliphatic carbocycles. The Morgan fingerprint density at radius 3 is 2.70 bits per heavy atom. The highest BCUT2D eigenvalue weighted by Crippen LogP contribution is 2.23. The van der Waals surface area contributed by atoms with Crippen LogP contribution in [0.4, 0.5) is 0 Å². The number of nitrogens with zero attached hydrogens (tertiary/aromatic N) is 3. The maximum absolute atomic E-state index is 12.3. The monoisotopic (exact) mass is 405 g/mol. The fourth-order valence-electron chi connectivity index (χ4n) is 3.48. The summed E-state index contributed by atoms with van der Waals surface area (Å²) in [7, 11) is 1.64. The second-order valence-corrected chi connectivity index (χ2v) is 7.26. The lowest BCUT2D eigenvalue weighted by molar-refractivity contribution is 0.414. The number of nitrogens with one attached hydrogen (secondary N) is 2. The molecule has 0 bridgehead atoms. The number of fused-ring (bicyclic) bond motifs is 2. The Kier molecular flexibility index (Phi) is 5.33. The molecule has 0 unspecified atom stereocenters. The third-order valence-corrected chi connectivity index (χ3v) is 5.20. The van der Waals surface area contributed by atoms with Crippen molar-refractivity contribution in [3.63, 3.8) is 0 Å². The van der Waals surface area contributed by atoms with E-state index in [0.717, 1.165) is 28.0 Å². The van der Waals surface area contributed by atoms with Gasteiger partial charge in [0.05, 0.1) is 18.1 Å². The standard InChI is InChI=1S/C22H23N5O3/c1-13-9-17-18(10-14(13)2)27(20-19(24-17)21(28)26-22(29)25-20)8-7-23-12-15-5-4-6-16(11-15)30-3/h4-6,9-11,23H,7-8,12H2,1-3H3,(H,26,28,29). The minimum Gasteiger partial charge on any atom is -0.497 e. The zero-order valence-electron chi connectivity index (χ0n) is 17.2. The van der Waals surface area contributed by atoms with Crippen molar-refractivity contribution in [2.24, 2.45) is 0 Å². The molecule has 2 N–H and O–H groups in total. The minimum absolute atomic E-state index is 0.165. The van der Waals surface area contributed by atoms with Crippen LogP contribution in [0.5, 0.6) is 5.75 Å². The number of hydrogen-bond acceptors (Lipinski definition) is 6. The predicted octanol–water partition coefficient (Wildman–Crippen LogP) is 2.00. The highest BCUT2D eigenvalue weighted by molar-refractivity contribution is 5.81. The van der Waals surface area contributed by atoms with Gasteiger partial charge in [-0.1, -0.05) is 12.1 Å². The molecule has 0 aromatic heterocycles. The van der Waals surface area contributed by atoms with Gasteiger partial charge >= 0.3 is 5.69 Å². The molecule has 2 heterocycles. The van der Waals surface area contributed by atoms with E-state index in [0.29, 0.717) is 31.0 Å². The SMILES string of the molecule is COc1cccc(CNCCn2c3nc(=O)[nH]c(=O)c-3nc3cc(C)c(C)cc32)c1. The van der Waals surface area contributed by atoms with Gasteiger partial charge in [-0.05, 0) is 54.8 Å². The summed E-state index contributed by atoms with van der Waals surface area (Å²) in [5.41, 5.74) is 3.80. The Hall–Kier alpha value is -3.52. The molecule has 8 nitrogen and oxygen atoms in total. The third-order valence-electron chi connectivity index (χ3n) is 5.20. The van der Waals surface area contributed by atoms with E-state index in [1.165, 1.54) is 0 Å². The van der Waals surface area contributed by atoms with Crippen LogP contribution < -0.4 is 21.3 Å². The summed E-state index contributed by atoms with van der Waals surface area (Å²) in [6.07, 6.45) is 0. The summed E-state index contributed by atoms with van der Waals surface area (Å²) in [5, 5.41) is 3.40. The number of rotatable bonds is 6. The van der Waals surface area contributed by atoms with Gasteiger partial charge in [0, 0.05) is 19.6 Å². The van der Waals surface area contributed by atoms with Crippen molar-refractivity contribution in [1.82, 2.24) is 24.8 Å². The Balaban J connectivity index is 1.67. The molecule has 30 heavy (non-hydrogen) atoms. The van der Waals surface area contributed by atoms with Crippen molar-refractivity contribution >= 4 is 11.0 Å². The van der Waals surface area contributed by atoms with E-state index < -0.39 is 11.2 Å². The number of aromatic nitrogens is 4. The molecule has 2 aliphatic heterocycles. The van der Waals surface area contributed by atoms with Gasteiger partial charge in [0.2, 0.25) is 0 Å². The van der Waals surface area contributed by atoms with Gasteiger partial charge in [-0.15, -0.1) is 0 Å². The second-order valence-electron chi connectivity index (χ2n) is 7.26. The molecule has 2 aliphatic rings. The summed E-state index contributed by atoms with van der Waals surface area (Å²) >= 11 is 0. The van der Waals surface area contributed by atoms with Crippen LogP contribution in [0.2, 0.25) is 0 Å². The van der Waals surface area contributed by atoms with Crippen LogP contribution in [0.25, 0.3) is 22.6 Å². The van der Waals surface area contributed by atoms with Crippen LogP contribution in [0.1, 0.15) is 16.7 Å². The number of ether oxygens (including phenoxy) is 1.